The number of carbonyl (C=O) groups excluding carboxylic acids is 1. The first kappa shape index (κ1) is 16.0. The van der Waals surface area contributed by atoms with Crippen molar-refractivity contribution in [2.24, 2.45) is 5.41 Å². The second-order valence-electron chi connectivity index (χ2n) is 7.39. The predicted octanol–water partition coefficient (Wildman–Crippen LogP) is 3.20. The molecule has 1 N–H and O–H groups in total. The zero-order valence-electron chi connectivity index (χ0n) is 13.8. The number of nitrogens with zero attached hydrogens (tertiary/aromatic N) is 1. The molecule has 0 atom stereocenters. The third kappa shape index (κ3) is 4.07. The van der Waals surface area contributed by atoms with Gasteiger partial charge in [-0.15, -0.1) is 0 Å². The van der Waals surface area contributed by atoms with Gasteiger partial charge in [-0.05, 0) is 52.3 Å². The maximum Gasteiger partial charge on any atom is 0.226 e. The molecule has 116 valence electrons. The Morgan fingerprint density at radius 1 is 1.19 bits per heavy atom. The van der Waals surface area contributed by atoms with Crippen LogP contribution in [0, 0.1) is 5.41 Å². The maximum atomic E-state index is 12.5. The van der Waals surface area contributed by atoms with Crippen molar-refractivity contribution in [1.82, 2.24) is 10.2 Å². The zero-order valence-corrected chi connectivity index (χ0v) is 13.8. The number of piperidine rings is 1. The summed E-state index contributed by atoms with van der Waals surface area (Å²) in [6.45, 7) is 11.4. The quantitative estimate of drug-likeness (QED) is 0.926. The number of rotatable bonds is 3. The van der Waals surface area contributed by atoms with E-state index in [9.17, 15) is 4.79 Å². The van der Waals surface area contributed by atoms with E-state index in [2.05, 4.69) is 37.9 Å². The van der Waals surface area contributed by atoms with Crippen molar-refractivity contribution in [2.45, 2.75) is 52.6 Å². The van der Waals surface area contributed by atoms with Crippen LogP contribution in [0.15, 0.2) is 30.3 Å². The first-order valence-corrected chi connectivity index (χ1v) is 7.89. The van der Waals surface area contributed by atoms with E-state index in [0.29, 0.717) is 6.54 Å². The van der Waals surface area contributed by atoms with Crippen molar-refractivity contribution in [2.75, 3.05) is 13.1 Å². The molecule has 1 amide bonds. The SMILES string of the molecule is CC1(C(=O)NCc2ccccc2)CCN(C(C)(C)C)CC1. The Labute approximate surface area is 128 Å². The molecule has 0 spiro atoms. The second-order valence-corrected chi connectivity index (χ2v) is 7.39. The fourth-order valence-electron chi connectivity index (χ4n) is 2.89. The molecule has 21 heavy (non-hydrogen) atoms. The first-order chi connectivity index (χ1) is 9.81. The van der Waals surface area contributed by atoms with Gasteiger partial charge in [0.1, 0.15) is 0 Å². The van der Waals surface area contributed by atoms with Gasteiger partial charge < -0.3 is 5.32 Å². The molecule has 0 aliphatic carbocycles. The van der Waals surface area contributed by atoms with Crippen molar-refractivity contribution >= 4 is 5.91 Å². The standard InChI is InChI=1S/C18H28N2O/c1-17(2,3)20-12-10-18(4,11-13-20)16(21)19-14-15-8-6-5-7-9-15/h5-9H,10-14H2,1-4H3,(H,19,21). The van der Waals surface area contributed by atoms with Gasteiger partial charge in [0, 0.05) is 17.5 Å². The van der Waals surface area contributed by atoms with E-state index >= 15 is 0 Å². The molecule has 0 bridgehead atoms. The van der Waals surface area contributed by atoms with Crippen LogP contribution >= 0.6 is 0 Å². The molecular weight excluding hydrogens is 260 g/mol. The van der Waals surface area contributed by atoms with Crippen LogP contribution < -0.4 is 5.32 Å². The van der Waals surface area contributed by atoms with E-state index in [4.69, 9.17) is 0 Å². The number of hydrogen-bond acceptors (Lipinski definition) is 2. The molecule has 1 fully saturated rings. The third-order valence-electron chi connectivity index (χ3n) is 4.66. The molecule has 1 saturated heterocycles. The van der Waals surface area contributed by atoms with Crippen molar-refractivity contribution in [3.05, 3.63) is 35.9 Å². The molecule has 2 rings (SSSR count). The van der Waals surface area contributed by atoms with Crippen LogP contribution in [0.1, 0.15) is 46.1 Å². The fourth-order valence-corrected chi connectivity index (χ4v) is 2.89. The van der Waals surface area contributed by atoms with Crippen LogP contribution in [0.2, 0.25) is 0 Å². The molecule has 0 radical (unpaired) electrons. The highest BCUT2D eigenvalue weighted by atomic mass is 16.2. The highest BCUT2D eigenvalue weighted by Crippen LogP contribution is 2.33. The van der Waals surface area contributed by atoms with Gasteiger partial charge in [-0.2, -0.15) is 0 Å². The topological polar surface area (TPSA) is 32.3 Å². The molecular formula is C18H28N2O. The molecule has 3 nitrogen and oxygen atoms in total. The van der Waals surface area contributed by atoms with Crippen LogP contribution in [0.4, 0.5) is 0 Å². The van der Waals surface area contributed by atoms with Gasteiger partial charge in [0.05, 0.1) is 0 Å². The van der Waals surface area contributed by atoms with Gasteiger partial charge in [0.25, 0.3) is 0 Å². The summed E-state index contributed by atoms with van der Waals surface area (Å²) in [5.41, 5.74) is 1.12. The minimum absolute atomic E-state index is 0.194. The number of benzene rings is 1. The van der Waals surface area contributed by atoms with Gasteiger partial charge in [-0.3, -0.25) is 9.69 Å². The molecule has 3 heteroatoms. The molecule has 1 aliphatic heterocycles. The minimum Gasteiger partial charge on any atom is -0.352 e. The molecule has 1 aliphatic rings. The van der Waals surface area contributed by atoms with Crippen molar-refractivity contribution in [1.29, 1.82) is 0 Å². The number of amides is 1. The van der Waals surface area contributed by atoms with E-state index < -0.39 is 0 Å². The second kappa shape index (κ2) is 6.18. The highest BCUT2D eigenvalue weighted by molar-refractivity contribution is 5.82. The van der Waals surface area contributed by atoms with Gasteiger partial charge in [0.2, 0.25) is 5.91 Å². The molecule has 1 heterocycles. The monoisotopic (exact) mass is 288 g/mol. The summed E-state index contributed by atoms with van der Waals surface area (Å²) in [4.78, 5) is 15.0. The number of nitrogens with one attached hydrogen (secondary N) is 1. The molecule has 0 unspecified atom stereocenters. The lowest BCUT2D eigenvalue weighted by molar-refractivity contribution is -0.133. The van der Waals surface area contributed by atoms with Crippen LogP contribution in [0.5, 0.6) is 0 Å². The summed E-state index contributed by atoms with van der Waals surface area (Å²) < 4.78 is 0. The Hall–Kier alpha value is -1.35. The predicted molar refractivity (Wildman–Crippen MR) is 87.0 cm³/mol. The fraction of sp³-hybridized carbons (Fsp3) is 0.611. The Morgan fingerprint density at radius 3 is 2.29 bits per heavy atom. The lowest BCUT2D eigenvalue weighted by Crippen LogP contribution is -2.52. The Balaban J connectivity index is 1.88. The number of hydrogen-bond donors (Lipinski definition) is 1. The van der Waals surface area contributed by atoms with E-state index in [1.807, 2.05) is 30.3 Å². The summed E-state index contributed by atoms with van der Waals surface area (Å²) in [6, 6.07) is 10.1. The van der Waals surface area contributed by atoms with Gasteiger partial charge in [-0.1, -0.05) is 37.3 Å². The van der Waals surface area contributed by atoms with Gasteiger partial charge >= 0.3 is 0 Å². The van der Waals surface area contributed by atoms with Crippen molar-refractivity contribution in [3.63, 3.8) is 0 Å². The summed E-state index contributed by atoms with van der Waals surface area (Å²) in [5, 5.41) is 3.11. The molecule has 0 saturated carbocycles. The normalized spacial score (nSPS) is 19.2. The maximum absolute atomic E-state index is 12.5. The largest absolute Gasteiger partial charge is 0.352 e. The Morgan fingerprint density at radius 2 is 1.76 bits per heavy atom. The number of carbonyl (C=O) groups is 1. The average Bonchev–Trinajstić information content (AvgIpc) is 2.45. The molecule has 0 aromatic heterocycles. The van der Waals surface area contributed by atoms with E-state index in [0.717, 1.165) is 31.5 Å². The van der Waals surface area contributed by atoms with Crippen LogP contribution in [-0.2, 0) is 11.3 Å². The van der Waals surface area contributed by atoms with Gasteiger partial charge in [-0.25, -0.2) is 0 Å². The summed E-state index contributed by atoms with van der Waals surface area (Å²) in [7, 11) is 0. The minimum atomic E-state index is -0.226. The van der Waals surface area contributed by atoms with E-state index in [-0.39, 0.29) is 16.9 Å². The van der Waals surface area contributed by atoms with Crippen LogP contribution in [0.25, 0.3) is 0 Å². The first-order valence-electron chi connectivity index (χ1n) is 7.89. The molecule has 1 aromatic rings. The lowest BCUT2D eigenvalue weighted by atomic mass is 9.78. The van der Waals surface area contributed by atoms with Crippen LogP contribution in [0.3, 0.4) is 0 Å². The number of likely N-dealkylation sites (tertiary alicyclic amines) is 1. The zero-order chi connectivity index (χ0) is 15.5. The Bertz CT molecular complexity index is 468. The average molecular weight is 288 g/mol. The van der Waals surface area contributed by atoms with E-state index in [1.54, 1.807) is 0 Å². The highest BCUT2D eigenvalue weighted by Gasteiger charge is 2.38. The van der Waals surface area contributed by atoms with Crippen molar-refractivity contribution < 1.29 is 4.79 Å². The van der Waals surface area contributed by atoms with E-state index in [1.165, 1.54) is 0 Å². The smallest absolute Gasteiger partial charge is 0.226 e. The van der Waals surface area contributed by atoms with Gasteiger partial charge in [0.15, 0.2) is 0 Å². The third-order valence-corrected chi connectivity index (χ3v) is 4.66. The van der Waals surface area contributed by atoms with Crippen LogP contribution in [-0.4, -0.2) is 29.4 Å². The summed E-state index contributed by atoms with van der Waals surface area (Å²) >= 11 is 0. The Kier molecular flexibility index (Phi) is 4.72. The summed E-state index contributed by atoms with van der Waals surface area (Å²) in [5.74, 6) is 0.194. The molecule has 1 aromatic carbocycles. The summed E-state index contributed by atoms with van der Waals surface area (Å²) in [6.07, 6.45) is 1.87. The lowest BCUT2D eigenvalue weighted by Gasteiger charge is -2.44. The van der Waals surface area contributed by atoms with Crippen molar-refractivity contribution in [3.8, 4) is 0 Å².